The first-order valence-corrected chi connectivity index (χ1v) is 28.0. The number of aromatic nitrogens is 2. The van der Waals surface area contributed by atoms with Gasteiger partial charge in [0.05, 0.1) is 55.5 Å². The van der Waals surface area contributed by atoms with E-state index in [1.54, 1.807) is 0 Å². The topological polar surface area (TPSA) is 27.0 Å². The first kappa shape index (κ1) is 75.3. The lowest BCUT2D eigenvalue weighted by Crippen LogP contribution is -2.75. The number of aromatic amines is 1. The minimum Gasteiger partial charge on any atom is -0.248 e. The zero-order valence-electron chi connectivity index (χ0n) is 45.3. The van der Waals surface area contributed by atoms with E-state index in [1.807, 2.05) is 48.5 Å². The molecular formula is C60H33BCl6F24N2. The van der Waals surface area contributed by atoms with Crippen molar-refractivity contribution in [2.45, 2.75) is 58.0 Å². The summed E-state index contributed by atoms with van der Waals surface area (Å²) in [5.41, 5.74) is -25.7. The van der Waals surface area contributed by atoms with Crippen LogP contribution in [0.3, 0.4) is 0 Å². The predicted octanol–water partition coefficient (Wildman–Crippen LogP) is 21.4. The molecule has 1 N–H and O–H groups in total. The average molecular weight is 1460 g/mol. The number of pyridine rings is 2. The van der Waals surface area contributed by atoms with Gasteiger partial charge in [0, 0.05) is 33.7 Å². The second-order valence-corrected chi connectivity index (χ2v) is 23.5. The highest BCUT2D eigenvalue weighted by molar-refractivity contribution is 7.20. The molecule has 496 valence electrons. The van der Waals surface area contributed by atoms with Crippen molar-refractivity contribution < 1.29 is 110 Å². The molecule has 0 spiro atoms. The zero-order chi connectivity index (χ0) is 69.8. The van der Waals surface area contributed by atoms with Crippen LogP contribution in [0.1, 0.15) is 44.5 Å². The highest BCUT2D eigenvalue weighted by Gasteiger charge is 2.47. The molecule has 0 saturated carbocycles. The van der Waals surface area contributed by atoms with E-state index in [1.165, 1.54) is 32.6 Å². The van der Waals surface area contributed by atoms with Gasteiger partial charge in [0.1, 0.15) is 6.15 Å². The quantitative estimate of drug-likeness (QED) is 0.0747. The first-order valence-electron chi connectivity index (χ1n) is 25.3. The highest BCUT2D eigenvalue weighted by atomic mass is 35.6. The molecule has 0 fully saturated rings. The summed E-state index contributed by atoms with van der Waals surface area (Å²) in [5, 5.41) is 4.91. The van der Waals surface area contributed by atoms with Crippen LogP contribution in [0.25, 0.3) is 43.6 Å². The summed E-state index contributed by atoms with van der Waals surface area (Å²) in [4.78, 5) is 7.99. The molecule has 8 aromatic carbocycles. The number of nitrogens with one attached hydrogen (secondary N) is 1. The first-order chi connectivity index (χ1) is 42.6. The monoisotopic (exact) mass is 1460 g/mol. The summed E-state index contributed by atoms with van der Waals surface area (Å²) in [6, 6.07) is 28.6. The van der Waals surface area contributed by atoms with E-state index in [-0.39, 0.29) is 0 Å². The second kappa shape index (κ2) is 28.7. The number of nitrogens with zero attached hydrogens (tertiary/aromatic N) is 1. The molecule has 0 saturated heterocycles. The van der Waals surface area contributed by atoms with Gasteiger partial charge in [-0.1, -0.05) is 179 Å². The third-order valence-corrected chi connectivity index (χ3v) is 13.4. The number of benzene rings is 8. The Kier molecular flexibility index (Phi) is 23.2. The van der Waals surface area contributed by atoms with Gasteiger partial charge in [-0.05, 0) is 60.7 Å². The van der Waals surface area contributed by atoms with Gasteiger partial charge in [-0.25, -0.2) is 9.97 Å². The Morgan fingerprint density at radius 2 is 0.441 bits per heavy atom. The van der Waals surface area contributed by atoms with Crippen LogP contribution in [0.15, 0.2) is 182 Å². The van der Waals surface area contributed by atoms with Crippen molar-refractivity contribution in [1.29, 1.82) is 0 Å². The molecule has 0 aliphatic rings. The maximum atomic E-state index is 14.2. The van der Waals surface area contributed by atoms with Gasteiger partial charge in [-0.15, -0.1) is 0 Å². The van der Waals surface area contributed by atoms with Crippen molar-refractivity contribution in [3.05, 3.63) is 226 Å². The van der Waals surface area contributed by atoms with Crippen LogP contribution in [0, 0.1) is 0 Å². The molecule has 2 heterocycles. The maximum absolute atomic E-state index is 14.2. The van der Waals surface area contributed by atoms with Gasteiger partial charge in [-0.2, -0.15) is 127 Å². The minimum absolute atomic E-state index is 0.691. The summed E-state index contributed by atoms with van der Waals surface area (Å²) in [7, 11) is 0. The van der Waals surface area contributed by atoms with E-state index in [0.717, 1.165) is 11.0 Å². The van der Waals surface area contributed by atoms with Crippen LogP contribution in [0.4, 0.5) is 105 Å². The Labute approximate surface area is 538 Å². The molecule has 0 bridgehead atoms. The Bertz CT molecular complexity index is 3470. The number of alkyl halides is 30. The van der Waals surface area contributed by atoms with E-state index < -0.39 is 203 Å². The van der Waals surface area contributed by atoms with Gasteiger partial charge in [0.25, 0.3) is 0 Å². The molecule has 10 rings (SSSR count). The number of rotatable bonds is 4. The SMILES string of the molecule is ClC(Cl)Cl.ClC(Cl)Cl.FC(F)(F)c1cc([B-](c2cc(C(F)(F)F)cc(C(F)(F)F)c2)(c2cc(C(F)(F)F)cc(C(F)(F)F)c2)c2cc(C(F)(F)F)cc(C(F)(F)F)c2)cc(C(F)(F)F)c1.c1ccc2[nH+]c3ccccc3cc2c1.c1ccc2nc3ccccc3cc2c1. The fourth-order valence-electron chi connectivity index (χ4n) is 9.58. The average Bonchev–Trinajstić information content (AvgIpc) is 0.708. The van der Waals surface area contributed by atoms with Crippen molar-refractivity contribution in [1.82, 2.24) is 4.98 Å². The summed E-state index contributed by atoms with van der Waals surface area (Å²) < 4.78 is 339. The number of hydrogen-bond acceptors (Lipinski definition) is 1. The van der Waals surface area contributed by atoms with Gasteiger partial charge in [0.2, 0.25) is 11.0 Å². The Morgan fingerprint density at radius 1 is 0.258 bits per heavy atom. The molecule has 0 radical (unpaired) electrons. The van der Waals surface area contributed by atoms with Crippen molar-refractivity contribution in [2.75, 3.05) is 0 Å². The second-order valence-electron chi connectivity index (χ2n) is 19.5. The molecule has 93 heavy (non-hydrogen) atoms. The van der Waals surface area contributed by atoms with Crippen molar-refractivity contribution in [3.8, 4) is 0 Å². The smallest absolute Gasteiger partial charge is 0.248 e. The van der Waals surface area contributed by atoms with Gasteiger partial charge in [0.15, 0.2) is 8.59 Å². The lowest BCUT2D eigenvalue weighted by atomic mass is 9.12. The van der Waals surface area contributed by atoms with Crippen LogP contribution < -0.4 is 26.8 Å². The van der Waals surface area contributed by atoms with Gasteiger partial charge in [-0.3, -0.25) is 0 Å². The Hall–Kier alpha value is -6.78. The summed E-state index contributed by atoms with van der Waals surface area (Å²) in [6.45, 7) is 0. The molecule has 0 aliphatic carbocycles. The number of fused-ring (bicyclic) bond motifs is 4. The lowest BCUT2D eigenvalue weighted by Gasteiger charge is -2.46. The van der Waals surface area contributed by atoms with Crippen LogP contribution in [0.5, 0.6) is 0 Å². The van der Waals surface area contributed by atoms with E-state index >= 15 is 0 Å². The third kappa shape index (κ3) is 19.7. The number of halogens is 30. The summed E-state index contributed by atoms with van der Waals surface area (Å²) >= 11 is 28.8. The molecule has 0 unspecified atom stereocenters. The summed E-state index contributed by atoms with van der Waals surface area (Å²) in [5.74, 6) is 0. The van der Waals surface area contributed by atoms with Crippen LogP contribution in [-0.2, 0) is 49.4 Å². The third-order valence-electron chi connectivity index (χ3n) is 13.4. The molecule has 33 heteroatoms. The lowest BCUT2D eigenvalue weighted by molar-refractivity contribution is -0.310. The fourth-order valence-corrected chi connectivity index (χ4v) is 9.58. The normalized spacial score (nSPS) is 12.8. The predicted molar refractivity (Wildman–Crippen MR) is 310 cm³/mol. The number of hydrogen-bond donors (Lipinski definition) is 0. The van der Waals surface area contributed by atoms with Crippen molar-refractivity contribution >= 4 is 141 Å². The van der Waals surface area contributed by atoms with E-state index in [4.69, 9.17) is 69.6 Å². The van der Waals surface area contributed by atoms with Crippen LogP contribution in [0.2, 0.25) is 0 Å². The van der Waals surface area contributed by atoms with E-state index in [9.17, 15) is 105 Å². The number of H-pyrrole nitrogens is 1. The summed E-state index contributed by atoms with van der Waals surface area (Å²) in [6.07, 6.45) is -54.8. The fraction of sp³-hybridized carbons (Fsp3) is 0.167. The minimum atomic E-state index is -6.13. The van der Waals surface area contributed by atoms with Crippen LogP contribution >= 0.6 is 69.6 Å². The Morgan fingerprint density at radius 3 is 0.656 bits per heavy atom. The molecule has 0 atom stereocenters. The van der Waals surface area contributed by atoms with E-state index in [2.05, 4.69) is 70.6 Å². The maximum Gasteiger partial charge on any atom is 0.416 e. The van der Waals surface area contributed by atoms with E-state index in [0.29, 0.717) is 0 Å². The molecule has 0 amide bonds. The number of para-hydroxylation sites is 4. The standard InChI is InChI=1S/C32H12BF24.2C13H9N.2CHCl3/c34-25(35,36)13-1-14(26(37,38)39)6-21(5-13)33(22-7-15(27(40,41)42)2-16(8-22)28(43,44)45,23-9-17(29(46,47)48)3-18(10-23)30(49,50)51)24-11-19(31(52,53)54)4-20(12-24)32(55,56)57;2*1-3-7-12-10(5-1)9-11-6-2-4-8-13(11)14-12;2*2-1(3)4/h1-12H;2*1-9H;2*1H/q-1;;;;/p+1. The van der Waals surface area contributed by atoms with Crippen LogP contribution in [-0.4, -0.2) is 19.7 Å². The molecule has 2 aromatic heterocycles. The van der Waals surface area contributed by atoms with Gasteiger partial charge < -0.3 is 0 Å². The largest absolute Gasteiger partial charge is 0.416 e. The molecule has 10 aromatic rings. The highest BCUT2D eigenvalue weighted by Crippen LogP contribution is 2.42. The molecule has 2 nitrogen and oxygen atoms in total. The van der Waals surface area contributed by atoms with Crippen molar-refractivity contribution in [3.63, 3.8) is 0 Å². The van der Waals surface area contributed by atoms with Crippen molar-refractivity contribution in [2.24, 2.45) is 0 Å². The zero-order valence-corrected chi connectivity index (χ0v) is 49.9. The Balaban J connectivity index is 0.000000299. The van der Waals surface area contributed by atoms with Gasteiger partial charge >= 0.3 is 49.4 Å². The molecular weight excluding hydrogens is 1430 g/mol. The molecule has 0 aliphatic heterocycles.